The Morgan fingerprint density at radius 1 is 1.24 bits per heavy atom. The van der Waals surface area contributed by atoms with E-state index in [1.165, 1.54) is 12.1 Å². The van der Waals surface area contributed by atoms with Crippen LogP contribution in [0.5, 0.6) is 0 Å². The Balaban J connectivity index is 2.11. The SMILES string of the molecule is Cc1cnc(Cn2c(CCl)nc3cc(Cl)c(F)cc32)cn1. The lowest BCUT2D eigenvalue weighted by Crippen LogP contribution is -2.06. The molecular weight excluding hydrogens is 314 g/mol. The van der Waals surface area contributed by atoms with E-state index in [-0.39, 0.29) is 10.9 Å². The summed E-state index contributed by atoms with van der Waals surface area (Å²) in [5.41, 5.74) is 2.83. The molecule has 2 aromatic heterocycles. The van der Waals surface area contributed by atoms with Crippen LogP contribution in [0, 0.1) is 12.7 Å². The third-order valence-corrected chi connectivity index (χ3v) is 3.67. The third kappa shape index (κ3) is 2.71. The van der Waals surface area contributed by atoms with Gasteiger partial charge in [0.15, 0.2) is 0 Å². The summed E-state index contributed by atoms with van der Waals surface area (Å²) in [5, 5.41) is 0.0448. The second kappa shape index (κ2) is 5.58. The predicted molar refractivity (Wildman–Crippen MR) is 80.1 cm³/mol. The Hall–Kier alpha value is -1.72. The van der Waals surface area contributed by atoms with Gasteiger partial charge in [-0.3, -0.25) is 9.97 Å². The van der Waals surface area contributed by atoms with Gasteiger partial charge in [0, 0.05) is 12.3 Å². The fraction of sp³-hybridized carbons (Fsp3) is 0.214. The Kier molecular flexibility index (Phi) is 3.78. The Morgan fingerprint density at radius 2 is 2.05 bits per heavy atom. The number of aryl methyl sites for hydroxylation is 1. The zero-order valence-electron chi connectivity index (χ0n) is 11.1. The van der Waals surface area contributed by atoms with Crippen LogP contribution in [0.1, 0.15) is 17.2 Å². The van der Waals surface area contributed by atoms with E-state index >= 15 is 0 Å². The molecule has 3 rings (SSSR count). The number of imidazole rings is 1. The highest BCUT2D eigenvalue weighted by Crippen LogP contribution is 2.25. The van der Waals surface area contributed by atoms with Crippen LogP contribution in [-0.2, 0) is 12.4 Å². The molecule has 3 aromatic rings. The Morgan fingerprint density at radius 3 is 2.71 bits per heavy atom. The number of nitrogens with zero attached hydrogens (tertiary/aromatic N) is 4. The minimum absolute atomic E-state index is 0.0448. The van der Waals surface area contributed by atoms with Gasteiger partial charge in [0.2, 0.25) is 0 Å². The fourth-order valence-electron chi connectivity index (χ4n) is 2.11. The molecule has 0 amide bonds. The summed E-state index contributed by atoms with van der Waals surface area (Å²) in [6.45, 7) is 2.29. The minimum Gasteiger partial charge on any atom is -0.321 e. The highest BCUT2D eigenvalue weighted by Gasteiger charge is 2.14. The summed E-state index contributed by atoms with van der Waals surface area (Å²) in [5.74, 6) is 0.366. The average Bonchev–Trinajstić information content (AvgIpc) is 2.79. The first kappa shape index (κ1) is 14.2. The number of aromatic nitrogens is 4. The van der Waals surface area contributed by atoms with Crippen molar-refractivity contribution in [3.05, 3.63) is 52.6 Å². The molecule has 0 radical (unpaired) electrons. The third-order valence-electron chi connectivity index (χ3n) is 3.14. The molecule has 108 valence electrons. The van der Waals surface area contributed by atoms with E-state index in [0.29, 0.717) is 23.4 Å². The van der Waals surface area contributed by atoms with E-state index in [1.807, 2.05) is 11.5 Å². The molecule has 0 saturated heterocycles. The molecule has 2 heterocycles. The normalized spacial score (nSPS) is 11.2. The summed E-state index contributed by atoms with van der Waals surface area (Å²) in [4.78, 5) is 12.9. The van der Waals surface area contributed by atoms with Crippen LogP contribution in [0.3, 0.4) is 0 Å². The highest BCUT2D eigenvalue weighted by molar-refractivity contribution is 6.31. The highest BCUT2D eigenvalue weighted by atomic mass is 35.5. The van der Waals surface area contributed by atoms with Crippen LogP contribution in [0.25, 0.3) is 11.0 Å². The van der Waals surface area contributed by atoms with Crippen molar-refractivity contribution in [2.24, 2.45) is 0 Å². The molecule has 4 nitrogen and oxygen atoms in total. The number of halogens is 3. The lowest BCUT2D eigenvalue weighted by molar-refractivity contribution is 0.628. The van der Waals surface area contributed by atoms with Gasteiger partial charge < -0.3 is 4.57 Å². The first-order valence-corrected chi connectivity index (χ1v) is 7.17. The van der Waals surface area contributed by atoms with Gasteiger partial charge >= 0.3 is 0 Å². The van der Waals surface area contributed by atoms with Crippen LogP contribution in [0.15, 0.2) is 24.5 Å². The number of alkyl halides is 1. The summed E-state index contributed by atoms with van der Waals surface area (Å²) in [7, 11) is 0. The monoisotopic (exact) mass is 324 g/mol. The molecule has 0 unspecified atom stereocenters. The molecule has 0 saturated carbocycles. The van der Waals surface area contributed by atoms with Crippen molar-refractivity contribution in [2.45, 2.75) is 19.3 Å². The van der Waals surface area contributed by atoms with Gasteiger partial charge in [-0.15, -0.1) is 11.6 Å². The maximum Gasteiger partial charge on any atom is 0.144 e. The lowest BCUT2D eigenvalue weighted by Gasteiger charge is -2.07. The number of hydrogen-bond donors (Lipinski definition) is 0. The molecule has 0 spiro atoms. The van der Waals surface area contributed by atoms with Crippen LogP contribution >= 0.6 is 23.2 Å². The van der Waals surface area contributed by atoms with Gasteiger partial charge in [-0.2, -0.15) is 0 Å². The Bertz CT molecular complexity index is 799. The molecule has 1 aromatic carbocycles. The maximum atomic E-state index is 13.7. The van der Waals surface area contributed by atoms with Gasteiger partial charge in [0.1, 0.15) is 11.6 Å². The van der Waals surface area contributed by atoms with E-state index < -0.39 is 5.82 Å². The van der Waals surface area contributed by atoms with Gasteiger partial charge in [-0.25, -0.2) is 9.37 Å². The molecule has 0 aliphatic rings. The van der Waals surface area contributed by atoms with Crippen LogP contribution in [0.2, 0.25) is 5.02 Å². The van der Waals surface area contributed by atoms with Crippen LogP contribution in [0.4, 0.5) is 4.39 Å². The second-order valence-corrected chi connectivity index (χ2v) is 5.33. The van der Waals surface area contributed by atoms with Gasteiger partial charge in [0.05, 0.1) is 46.1 Å². The van der Waals surface area contributed by atoms with Crippen molar-refractivity contribution in [3.63, 3.8) is 0 Å². The van der Waals surface area contributed by atoms with Crippen molar-refractivity contribution < 1.29 is 4.39 Å². The molecule has 0 N–H and O–H groups in total. The molecule has 0 aliphatic heterocycles. The van der Waals surface area contributed by atoms with Gasteiger partial charge in [-0.05, 0) is 13.0 Å². The summed E-state index contributed by atoms with van der Waals surface area (Å²) >= 11 is 11.7. The van der Waals surface area contributed by atoms with Crippen LogP contribution < -0.4 is 0 Å². The first-order chi connectivity index (χ1) is 10.1. The van der Waals surface area contributed by atoms with Gasteiger partial charge in [-0.1, -0.05) is 11.6 Å². The largest absolute Gasteiger partial charge is 0.321 e. The molecule has 0 bridgehead atoms. The standard InChI is InChI=1S/C14H11Cl2FN4/c1-8-5-19-9(6-18-8)7-21-13-3-11(17)10(16)2-12(13)20-14(21)4-15/h2-3,5-6H,4,7H2,1H3. The van der Waals surface area contributed by atoms with Crippen molar-refractivity contribution in [2.75, 3.05) is 0 Å². The number of benzene rings is 1. The van der Waals surface area contributed by atoms with E-state index in [0.717, 1.165) is 11.4 Å². The molecular formula is C14H11Cl2FN4. The number of hydrogen-bond acceptors (Lipinski definition) is 3. The molecule has 0 fully saturated rings. The second-order valence-electron chi connectivity index (χ2n) is 4.65. The lowest BCUT2D eigenvalue weighted by atomic mass is 10.3. The molecule has 0 atom stereocenters. The predicted octanol–water partition coefficient (Wildman–Crippen LogP) is 3.71. The van der Waals surface area contributed by atoms with E-state index in [1.54, 1.807) is 12.4 Å². The van der Waals surface area contributed by atoms with Crippen molar-refractivity contribution in [3.8, 4) is 0 Å². The van der Waals surface area contributed by atoms with Crippen LogP contribution in [-0.4, -0.2) is 19.5 Å². The van der Waals surface area contributed by atoms with Crippen molar-refractivity contribution in [1.29, 1.82) is 0 Å². The van der Waals surface area contributed by atoms with Crippen molar-refractivity contribution >= 4 is 34.2 Å². The maximum absolute atomic E-state index is 13.7. The zero-order valence-corrected chi connectivity index (χ0v) is 12.7. The zero-order chi connectivity index (χ0) is 15.0. The topological polar surface area (TPSA) is 43.6 Å². The van der Waals surface area contributed by atoms with E-state index in [9.17, 15) is 4.39 Å². The quantitative estimate of drug-likeness (QED) is 0.690. The smallest absolute Gasteiger partial charge is 0.144 e. The van der Waals surface area contributed by atoms with E-state index in [2.05, 4.69) is 15.0 Å². The fourth-order valence-corrected chi connectivity index (χ4v) is 2.47. The first-order valence-electron chi connectivity index (χ1n) is 6.26. The summed E-state index contributed by atoms with van der Waals surface area (Å²) < 4.78 is 15.5. The summed E-state index contributed by atoms with van der Waals surface area (Å²) in [6, 6.07) is 2.86. The average molecular weight is 325 g/mol. The van der Waals surface area contributed by atoms with Gasteiger partial charge in [0.25, 0.3) is 0 Å². The molecule has 0 aliphatic carbocycles. The molecule has 7 heteroatoms. The minimum atomic E-state index is -0.485. The van der Waals surface area contributed by atoms with E-state index in [4.69, 9.17) is 23.2 Å². The number of rotatable bonds is 3. The molecule has 21 heavy (non-hydrogen) atoms. The van der Waals surface area contributed by atoms with Crippen molar-refractivity contribution in [1.82, 2.24) is 19.5 Å². The summed E-state index contributed by atoms with van der Waals surface area (Å²) in [6.07, 6.45) is 3.37. The Labute approximate surface area is 130 Å². The number of fused-ring (bicyclic) bond motifs is 1.